The van der Waals surface area contributed by atoms with E-state index in [2.05, 4.69) is 35.9 Å². The van der Waals surface area contributed by atoms with E-state index in [1.165, 1.54) is 0 Å². The molecule has 0 aromatic carbocycles. The molecule has 3 heterocycles. The van der Waals surface area contributed by atoms with Crippen molar-refractivity contribution in [1.29, 1.82) is 0 Å². The first-order valence-electron chi connectivity index (χ1n) is 6.16. The molecule has 21 heavy (non-hydrogen) atoms. The summed E-state index contributed by atoms with van der Waals surface area (Å²) < 4.78 is 5.40. The molecule has 3 rings (SSSR count). The Morgan fingerprint density at radius 2 is 1.57 bits per heavy atom. The Kier molecular flexibility index (Phi) is 3.59. The molecule has 0 saturated carbocycles. The molecule has 0 saturated heterocycles. The van der Waals surface area contributed by atoms with E-state index < -0.39 is 0 Å². The molecule has 3 aromatic heterocycles. The molecule has 0 aliphatic rings. The van der Waals surface area contributed by atoms with Gasteiger partial charge in [-0.2, -0.15) is 10.2 Å². The maximum absolute atomic E-state index is 5.40. The molecule has 0 spiro atoms. The lowest BCUT2D eigenvalue weighted by Gasteiger charge is -2.05. The molecule has 0 radical (unpaired) electrons. The Bertz CT molecular complexity index is 701. The molecule has 0 fully saturated rings. The highest BCUT2D eigenvalue weighted by Gasteiger charge is 2.03. The molecule has 0 aliphatic carbocycles. The molecular weight excluding hydrogens is 270 g/mol. The molecule has 1 N–H and O–H groups in total. The van der Waals surface area contributed by atoms with Gasteiger partial charge in [-0.3, -0.25) is 0 Å². The third-order valence-electron chi connectivity index (χ3n) is 2.45. The molecule has 3 aromatic rings. The molecule has 0 bridgehead atoms. The van der Waals surface area contributed by atoms with Crippen LogP contribution in [0.4, 0.5) is 11.6 Å². The second kappa shape index (κ2) is 5.87. The predicted molar refractivity (Wildman–Crippen MR) is 74.2 cm³/mol. The fraction of sp³-hybridized carbons (Fsp3) is 0.0769. The zero-order valence-electron chi connectivity index (χ0n) is 11.1. The van der Waals surface area contributed by atoms with Crippen LogP contribution in [-0.4, -0.2) is 30.6 Å². The topological polar surface area (TPSA) is 98.6 Å². The van der Waals surface area contributed by atoms with Gasteiger partial charge in [0.05, 0.1) is 5.69 Å². The first kappa shape index (κ1) is 12.9. The predicted octanol–water partition coefficient (Wildman–Crippen LogP) is 1.90. The number of nitrogens with one attached hydrogen (secondary N) is 1. The van der Waals surface area contributed by atoms with Gasteiger partial charge >= 0.3 is 0 Å². The van der Waals surface area contributed by atoms with Gasteiger partial charge in [-0.1, -0.05) is 0 Å². The van der Waals surface area contributed by atoms with Crippen LogP contribution in [0.15, 0.2) is 42.6 Å². The molecular formula is C13H11N7O. The fourth-order valence-corrected chi connectivity index (χ4v) is 1.49. The molecule has 0 unspecified atom stereocenters. The third kappa shape index (κ3) is 3.44. The maximum atomic E-state index is 5.40. The number of anilines is 2. The summed E-state index contributed by atoms with van der Waals surface area (Å²) in [6, 6.07) is 10.5. The van der Waals surface area contributed by atoms with Crippen molar-refractivity contribution in [2.45, 2.75) is 6.92 Å². The summed E-state index contributed by atoms with van der Waals surface area (Å²) in [4.78, 5) is 0. The highest BCUT2D eigenvalue weighted by molar-refractivity contribution is 5.50. The zero-order chi connectivity index (χ0) is 14.5. The fourth-order valence-electron chi connectivity index (χ4n) is 1.49. The first-order chi connectivity index (χ1) is 10.3. The Morgan fingerprint density at radius 3 is 2.19 bits per heavy atom. The molecule has 8 heteroatoms. The number of hydrogen-bond donors (Lipinski definition) is 1. The number of rotatable bonds is 4. The largest absolute Gasteiger partial charge is 0.417 e. The highest BCUT2D eigenvalue weighted by Crippen LogP contribution is 2.17. The molecule has 0 atom stereocenters. The number of nitrogens with zero attached hydrogens (tertiary/aromatic N) is 6. The summed E-state index contributed by atoms with van der Waals surface area (Å²) >= 11 is 0. The summed E-state index contributed by atoms with van der Waals surface area (Å²) in [5.74, 6) is 1.82. The van der Waals surface area contributed by atoms with Gasteiger partial charge in [-0.05, 0) is 31.2 Å². The molecule has 0 amide bonds. The lowest BCUT2D eigenvalue weighted by Crippen LogP contribution is -2.00. The van der Waals surface area contributed by atoms with E-state index in [0.29, 0.717) is 23.4 Å². The lowest BCUT2D eigenvalue weighted by molar-refractivity contribution is 0.431. The second-order valence-corrected chi connectivity index (χ2v) is 4.11. The zero-order valence-corrected chi connectivity index (χ0v) is 11.1. The minimum Gasteiger partial charge on any atom is -0.417 e. The summed E-state index contributed by atoms with van der Waals surface area (Å²) in [6.45, 7) is 1.87. The van der Waals surface area contributed by atoms with Gasteiger partial charge in [-0.25, -0.2) is 0 Å². The van der Waals surface area contributed by atoms with Crippen molar-refractivity contribution in [3.8, 4) is 11.8 Å². The Balaban J connectivity index is 1.68. The lowest BCUT2D eigenvalue weighted by atomic mass is 10.4. The van der Waals surface area contributed by atoms with Crippen LogP contribution in [0.1, 0.15) is 5.69 Å². The second-order valence-electron chi connectivity index (χ2n) is 4.11. The summed E-state index contributed by atoms with van der Waals surface area (Å²) in [6.07, 6.45) is 1.56. The van der Waals surface area contributed by atoms with Gasteiger partial charge in [0.1, 0.15) is 0 Å². The van der Waals surface area contributed by atoms with Crippen LogP contribution in [0.25, 0.3) is 0 Å². The van der Waals surface area contributed by atoms with Crippen molar-refractivity contribution >= 4 is 11.6 Å². The van der Waals surface area contributed by atoms with E-state index in [1.807, 2.05) is 19.1 Å². The van der Waals surface area contributed by atoms with Gasteiger partial charge in [0.15, 0.2) is 11.6 Å². The van der Waals surface area contributed by atoms with E-state index in [4.69, 9.17) is 4.74 Å². The maximum Gasteiger partial charge on any atom is 0.241 e. The molecule has 104 valence electrons. The number of aromatic nitrogens is 6. The van der Waals surface area contributed by atoms with Crippen molar-refractivity contribution in [2.75, 3.05) is 5.32 Å². The highest BCUT2D eigenvalue weighted by atomic mass is 16.5. The standard InChI is InChI=1S/C13H11N7O/c1-9-4-5-10(17-16-9)15-11-6-7-13(20-18-11)21-12-3-2-8-14-19-12/h2-8H,1H3,(H,15,17,18). The number of ether oxygens (including phenoxy) is 1. The Morgan fingerprint density at radius 1 is 0.810 bits per heavy atom. The monoisotopic (exact) mass is 281 g/mol. The van der Waals surface area contributed by atoms with E-state index in [9.17, 15) is 0 Å². The molecule has 0 aliphatic heterocycles. The van der Waals surface area contributed by atoms with E-state index in [0.717, 1.165) is 5.69 Å². The van der Waals surface area contributed by atoms with Crippen molar-refractivity contribution in [3.63, 3.8) is 0 Å². The van der Waals surface area contributed by atoms with Gasteiger partial charge in [0.25, 0.3) is 0 Å². The van der Waals surface area contributed by atoms with Gasteiger partial charge in [0, 0.05) is 18.3 Å². The summed E-state index contributed by atoms with van der Waals surface area (Å²) in [7, 11) is 0. The van der Waals surface area contributed by atoms with Gasteiger partial charge < -0.3 is 10.1 Å². The minimum absolute atomic E-state index is 0.330. The minimum atomic E-state index is 0.330. The SMILES string of the molecule is Cc1ccc(Nc2ccc(Oc3cccnn3)nn2)nn1. The van der Waals surface area contributed by atoms with Gasteiger partial charge in [-0.15, -0.1) is 20.4 Å². The van der Waals surface area contributed by atoms with Crippen LogP contribution < -0.4 is 10.1 Å². The van der Waals surface area contributed by atoms with Crippen LogP contribution in [0.5, 0.6) is 11.8 Å². The van der Waals surface area contributed by atoms with E-state index in [-0.39, 0.29) is 0 Å². The average molecular weight is 281 g/mol. The van der Waals surface area contributed by atoms with Crippen molar-refractivity contribution in [2.24, 2.45) is 0 Å². The average Bonchev–Trinajstić information content (AvgIpc) is 2.53. The van der Waals surface area contributed by atoms with Crippen LogP contribution in [-0.2, 0) is 0 Å². The first-order valence-corrected chi connectivity index (χ1v) is 6.16. The Hall–Kier alpha value is -3.16. The van der Waals surface area contributed by atoms with Crippen molar-refractivity contribution in [1.82, 2.24) is 30.6 Å². The normalized spacial score (nSPS) is 10.1. The van der Waals surface area contributed by atoms with Crippen LogP contribution >= 0.6 is 0 Å². The molecule has 8 nitrogen and oxygen atoms in total. The van der Waals surface area contributed by atoms with Crippen LogP contribution in [0.3, 0.4) is 0 Å². The number of hydrogen-bond acceptors (Lipinski definition) is 8. The van der Waals surface area contributed by atoms with E-state index >= 15 is 0 Å². The number of aryl methyl sites for hydroxylation is 1. The van der Waals surface area contributed by atoms with Crippen LogP contribution in [0.2, 0.25) is 0 Å². The van der Waals surface area contributed by atoms with Gasteiger partial charge in [0.2, 0.25) is 11.8 Å². The van der Waals surface area contributed by atoms with Crippen LogP contribution in [0, 0.1) is 6.92 Å². The summed E-state index contributed by atoms with van der Waals surface area (Å²) in [5, 5.41) is 26.4. The summed E-state index contributed by atoms with van der Waals surface area (Å²) in [5.41, 5.74) is 0.847. The smallest absolute Gasteiger partial charge is 0.241 e. The quantitative estimate of drug-likeness (QED) is 0.774. The van der Waals surface area contributed by atoms with E-state index in [1.54, 1.807) is 30.5 Å². The third-order valence-corrected chi connectivity index (χ3v) is 2.45. The van der Waals surface area contributed by atoms with Crippen molar-refractivity contribution < 1.29 is 4.74 Å². The van der Waals surface area contributed by atoms with Crippen molar-refractivity contribution in [3.05, 3.63) is 48.3 Å². The Labute approximate surface area is 120 Å².